The molecule has 24 heavy (non-hydrogen) atoms. The molecule has 1 atom stereocenters. The highest BCUT2D eigenvalue weighted by atomic mass is 16.5. The van der Waals surface area contributed by atoms with Gasteiger partial charge in [0, 0.05) is 25.9 Å². The van der Waals surface area contributed by atoms with Gasteiger partial charge in [-0.2, -0.15) is 0 Å². The number of ether oxygens (including phenoxy) is 2. The minimum absolute atomic E-state index is 0.0166. The fraction of sp³-hybridized carbons (Fsp3) is 0.579. The van der Waals surface area contributed by atoms with E-state index in [1.807, 2.05) is 35.2 Å². The molecule has 5 nitrogen and oxygen atoms in total. The first-order chi connectivity index (χ1) is 11.6. The van der Waals surface area contributed by atoms with Gasteiger partial charge < -0.3 is 14.4 Å². The summed E-state index contributed by atoms with van der Waals surface area (Å²) in [6.45, 7) is 4.01. The zero-order valence-corrected chi connectivity index (χ0v) is 14.2. The molecule has 3 rings (SSSR count). The molecule has 0 unspecified atom stereocenters. The highest BCUT2D eigenvalue weighted by molar-refractivity contribution is 5.81. The summed E-state index contributed by atoms with van der Waals surface area (Å²) in [4.78, 5) is 26.1. The van der Waals surface area contributed by atoms with Crippen LogP contribution in [0, 0.1) is 0 Å². The van der Waals surface area contributed by atoms with Gasteiger partial charge in [0.2, 0.25) is 0 Å². The van der Waals surface area contributed by atoms with Crippen LogP contribution in [-0.2, 0) is 25.7 Å². The number of Topliss-reactive ketones (excluding diaryl/α,β-unsaturated/α-hetero) is 1. The van der Waals surface area contributed by atoms with Crippen LogP contribution in [0.3, 0.4) is 0 Å². The van der Waals surface area contributed by atoms with Gasteiger partial charge in [0.15, 0.2) is 0 Å². The minimum Gasteiger partial charge on any atom is -0.374 e. The predicted octanol–water partition coefficient (Wildman–Crippen LogP) is 2.33. The number of hydrogen-bond donors (Lipinski definition) is 0. The molecule has 130 valence electrons. The molecule has 1 amide bonds. The molecule has 2 saturated heterocycles. The zero-order chi connectivity index (χ0) is 17.0. The molecule has 2 heterocycles. The van der Waals surface area contributed by atoms with E-state index in [0.29, 0.717) is 39.1 Å². The monoisotopic (exact) mass is 331 g/mol. The van der Waals surface area contributed by atoms with Gasteiger partial charge in [-0.3, -0.25) is 9.59 Å². The van der Waals surface area contributed by atoms with Gasteiger partial charge >= 0.3 is 0 Å². The molecule has 0 aromatic heterocycles. The largest absolute Gasteiger partial charge is 0.374 e. The van der Waals surface area contributed by atoms with Gasteiger partial charge in [-0.25, -0.2) is 0 Å². The van der Waals surface area contributed by atoms with Gasteiger partial charge in [0.05, 0.1) is 18.8 Å². The van der Waals surface area contributed by atoms with Gasteiger partial charge in [0.25, 0.3) is 5.91 Å². The lowest BCUT2D eigenvalue weighted by molar-refractivity contribution is -0.157. The first-order valence-electron chi connectivity index (χ1n) is 8.68. The second-order valence-corrected chi connectivity index (χ2v) is 6.76. The number of piperidine rings is 1. The molecule has 0 N–H and O–H groups in total. The number of ketones is 1. The number of rotatable bonds is 4. The van der Waals surface area contributed by atoms with E-state index in [9.17, 15) is 9.59 Å². The lowest BCUT2D eigenvalue weighted by Crippen LogP contribution is -2.52. The quantitative estimate of drug-likeness (QED) is 0.850. The van der Waals surface area contributed by atoms with Crippen LogP contribution in [0.5, 0.6) is 0 Å². The number of carbonyl (C=O) groups is 2. The van der Waals surface area contributed by atoms with Crippen molar-refractivity contribution in [3.05, 3.63) is 35.9 Å². The fourth-order valence-corrected chi connectivity index (χ4v) is 3.46. The van der Waals surface area contributed by atoms with Crippen molar-refractivity contribution in [3.8, 4) is 0 Å². The number of hydrogen-bond acceptors (Lipinski definition) is 4. The number of carbonyl (C=O) groups excluding carboxylic acids is 2. The summed E-state index contributed by atoms with van der Waals surface area (Å²) in [7, 11) is 0. The van der Waals surface area contributed by atoms with Crippen molar-refractivity contribution in [2.75, 3.05) is 19.7 Å². The molecule has 2 fully saturated rings. The molecule has 0 saturated carbocycles. The number of benzene rings is 1. The number of likely N-dealkylation sites (tertiary alicyclic amines) is 1. The van der Waals surface area contributed by atoms with Crippen LogP contribution in [0.4, 0.5) is 0 Å². The van der Waals surface area contributed by atoms with Crippen LogP contribution in [0.15, 0.2) is 30.3 Å². The molecule has 5 heteroatoms. The molecular weight excluding hydrogens is 306 g/mol. The average molecular weight is 331 g/mol. The highest BCUT2D eigenvalue weighted by Gasteiger charge is 2.41. The maximum absolute atomic E-state index is 12.5. The summed E-state index contributed by atoms with van der Waals surface area (Å²) in [6.07, 6.45) is 2.02. The lowest BCUT2D eigenvalue weighted by atomic mass is 9.84. The summed E-state index contributed by atoms with van der Waals surface area (Å²) in [5.74, 6) is 0.295. The Morgan fingerprint density at radius 2 is 2.00 bits per heavy atom. The maximum Gasteiger partial charge on any atom is 0.251 e. The van der Waals surface area contributed by atoms with E-state index in [4.69, 9.17) is 9.47 Å². The summed E-state index contributed by atoms with van der Waals surface area (Å²) < 4.78 is 11.6. The molecule has 1 aromatic carbocycles. The minimum atomic E-state index is -0.465. The normalized spacial score (nSPS) is 21.7. The molecule has 1 aromatic rings. The van der Waals surface area contributed by atoms with Crippen molar-refractivity contribution in [2.45, 2.75) is 50.9 Å². The Bertz CT molecular complexity index is 578. The van der Waals surface area contributed by atoms with E-state index in [1.165, 1.54) is 0 Å². The van der Waals surface area contributed by atoms with Gasteiger partial charge in [-0.05, 0) is 25.3 Å². The Hall–Kier alpha value is -1.72. The van der Waals surface area contributed by atoms with E-state index in [-0.39, 0.29) is 17.3 Å². The molecule has 0 aliphatic carbocycles. The summed E-state index contributed by atoms with van der Waals surface area (Å²) in [5.41, 5.74) is 0.726. The van der Waals surface area contributed by atoms with E-state index in [0.717, 1.165) is 18.4 Å². The van der Waals surface area contributed by atoms with Crippen LogP contribution in [0.2, 0.25) is 0 Å². The van der Waals surface area contributed by atoms with Crippen molar-refractivity contribution in [1.29, 1.82) is 0 Å². The third kappa shape index (κ3) is 4.02. The van der Waals surface area contributed by atoms with E-state index in [1.54, 1.807) is 6.92 Å². The molecule has 2 aliphatic heterocycles. The summed E-state index contributed by atoms with van der Waals surface area (Å²) >= 11 is 0. The summed E-state index contributed by atoms with van der Waals surface area (Å²) in [6, 6.07) is 9.85. The standard InChI is InChI=1S/C19H25NO4/c1-15(23-14-16-5-3-2-4-6-16)18(22)20-10-8-19(9-11-20)13-17(21)7-12-24-19/h2-6,15H,7-14H2,1H3/t15-/m0/s1. The van der Waals surface area contributed by atoms with Crippen molar-refractivity contribution in [3.63, 3.8) is 0 Å². The highest BCUT2D eigenvalue weighted by Crippen LogP contribution is 2.33. The average Bonchev–Trinajstić information content (AvgIpc) is 2.60. The number of nitrogens with zero attached hydrogens (tertiary/aromatic N) is 1. The zero-order valence-electron chi connectivity index (χ0n) is 14.2. The fourth-order valence-electron chi connectivity index (χ4n) is 3.46. The van der Waals surface area contributed by atoms with Crippen molar-refractivity contribution in [2.24, 2.45) is 0 Å². The Labute approximate surface area is 142 Å². The second-order valence-electron chi connectivity index (χ2n) is 6.76. The summed E-state index contributed by atoms with van der Waals surface area (Å²) in [5, 5.41) is 0. The van der Waals surface area contributed by atoms with Crippen molar-refractivity contribution >= 4 is 11.7 Å². The molecular formula is C19H25NO4. The predicted molar refractivity (Wildman–Crippen MR) is 89.4 cm³/mol. The third-order valence-electron chi connectivity index (χ3n) is 4.99. The van der Waals surface area contributed by atoms with Gasteiger partial charge in [-0.1, -0.05) is 30.3 Å². The topological polar surface area (TPSA) is 55.8 Å². The first kappa shape index (κ1) is 17.1. The van der Waals surface area contributed by atoms with Crippen molar-refractivity contribution in [1.82, 2.24) is 4.90 Å². The number of amides is 1. The molecule has 0 bridgehead atoms. The Balaban J connectivity index is 1.48. The SMILES string of the molecule is C[C@H](OCc1ccccc1)C(=O)N1CCC2(CC1)CC(=O)CCO2. The lowest BCUT2D eigenvalue weighted by Gasteiger charge is -2.43. The van der Waals surface area contributed by atoms with Crippen LogP contribution in [0.1, 0.15) is 38.2 Å². The second kappa shape index (κ2) is 7.45. The molecule has 0 radical (unpaired) electrons. The van der Waals surface area contributed by atoms with Gasteiger partial charge in [0.1, 0.15) is 11.9 Å². The van der Waals surface area contributed by atoms with Crippen molar-refractivity contribution < 1.29 is 19.1 Å². The van der Waals surface area contributed by atoms with Gasteiger partial charge in [-0.15, -0.1) is 0 Å². The van der Waals surface area contributed by atoms with E-state index >= 15 is 0 Å². The Morgan fingerprint density at radius 3 is 2.67 bits per heavy atom. The molecule has 2 aliphatic rings. The maximum atomic E-state index is 12.5. The van der Waals surface area contributed by atoms with Crippen LogP contribution in [0.25, 0.3) is 0 Å². The van der Waals surface area contributed by atoms with Crippen LogP contribution in [-0.4, -0.2) is 48.0 Å². The van der Waals surface area contributed by atoms with Crippen LogP contribution < -0.4 is 0 Å². The third-order valence-corrected chi connectivity index (χ3v) is 4.99. The Kier molecular flexibility index (Phi) is 5.31. The first-order valence-corrected chi connectivity index (χ1v) is 8.68. The molecule has 1 spiro atoms. The van der Waals surface area contributed by atoms with E-state index in [2.05, 4.69) is 0 Å². The smallest absolute Gasteiger partial charge is 0.251 e. The Morgan fingerprint density at radius 1 is 1.29 bits per heavy atom. The van der Waals surface area contributed by atoms with Crippen LogP contribution >= 0.6 is 0 Å². The van der Waals surface area contributed by atoms with E-state index < -0.39 is 6.10 Å².